The Kier molecular flexibility index (Phi) is 8.37. The van der Waals surface area contributed by atoms with Gasteiger partial charge in [0.1, 0.15) is 10.8 Å². The molecular weight excluding hydrogens is 529 g/mol. The molecule has 0 aliphatic carbocycles. The van der Waals surface area contributed by atoms with Crippen molar-refractivity contribution in [2.75, 3.05) is 55.4 Å². The van der Waals surface area contributed by atoms with Crippen LogP contribution in [0.2, 0.25) is 0 Å². The van der Waals surface area contributed by atoms with Crippen LogP contribution in [0.4, 0.5) is 27.3 Å². The molecule has 2 N–H and O–H groups in total. The van der Waals surface area contributed by atoms with Gasteiger partial charge >= 0.3 is 5.97 Å². The van der Waals surface area contributed by atoms with Gasteiger partial charge in [-0.05, 0) is 74.6 Å². The summed E-state index contributed by atoms with van der Waals surface area (Å²) < 4.78 is 18.5. The molecule has 1 aromatic heterocycles. The van der Waals surface area contributed by atoms with Gasteiger partial charge in [0.15, 0.2) is 10.7 Å². The van der Waals surface area contributed by atoms with E-state index in [1.54, 1.807) is 25.1 Å². The fourth-order valence-corrected chi connectivity index (χ4v) is 5.27. The maximum Gasteiger partial charge on any atom is 0.352 e. The molecule has 2 heterocycles. The van der Waals surface area contributed by atoms with Crippen LogP contribution in [-0.4, -0.2) is 61.6 Å². The number of rotatable bonds is 8. The van der Waals surface area contributed by atoms with Crippen LogP contribution < -0.4 is 15.5 Å². The highest BCUT2D eigenvalue weighted by molar-refractivity contribution is 7.17. The zero-order chi connectivity index (χ0) is 28.1. The first-order valence-corrected chi connectivity index (χ1v) is 13.9. The lowest BCUT2D eigenvalue weighted by Crippen LogP contribution is -2.44. The van der Waals surface area contributed by atoms with Crippen molar-refractivity contribution in [2.24, 2.45) is 0 Å². The zero-order valence-corrected chi connectivity index (χ0v) is 23.1. The molecule has 1 saturated heterocycles. The molecule has 0 saturated carbocycles. The number of carbonyl (C=O) groups is 2. The first-order valence-electron chi connectivity index (χ1n) is 13.1. The molecule has 1 amide bonds. The Balaban J connectivity index is 1.36. The summed E-state index contributed by atoms with van der Waals surface area (Å²) in [4.78, 5) is 35.2. The predicted molar refractivity (Wildman–Crippen MR) is 157 cm³/mol. The SMILES string of the molecule is CCOC(=O)c1sc(-c2cccc(NC(=O)c3ccc(F)cc3)c2)nc1Nc1ccc(N2CCN(C)CC2)cc1. The van der Waals surface area contributed by atoms with Gasteiger partial charge in [-0.1, -0.05) is 12.1 Å². The average Bonchev–Trinajstić information content (AvgIpc) is 3.38. The van der Waals surface area contributed by atoms with Crippen LogP contribution in [-0.2, 0) is 4.74 Å². The molecule has 0 bridgehead atoms. The Bertz CT molecular complexity index is 1480. The van der Waals surface area contributed by atoms with Gasteiger partial charge in [0.05, 0.1) is 6.61 Å². The van der Waals surface area contributed by atoms with E-state index in [1.807, 2.05) is 18.2 Å². The number of halogens is 1. The second kappa shape index (κ2) is 12.3. The molecule has 1 fully saturated rings. The number of likely N-dealkylation sites (N-methyl/N-ethyl adjacent to an activating group) is 1. The number of benzene rings is 3. The number of esters is 1. The molecule has 40 heavy (non-hydrogen) atoms. The van der Waals surface area contributed by atoms with E-state index in [9.17, 15) is 14.0 Å². The van der Waals surface area contributed by atoms with E-state index in [2.05, 4.69) is 39.6 Å². The quantitative estimate of drug-likeness (QED) is 0.261. The smallest absolute Gasteiger partial charge is 0.352 e. The van der Waals surface area contributed by atoms with E-state index in [0.717, 1.165) is 43.1 Å². The van der Waals surface area contributed by atoms with Crippen LogP contribution in [0.5, 0.6) is 0 Å². The number of anilines is 4. The lowest BCUT2D eigenvalue weighted by Gasteiger charge is -2.34. The Morgan fingerprint density at radius 3 is 2.40 bits per heavy atom. The van der Waals surface area contributed by atoms with Crippen molar-refractivity contribution in [1.29, 1.82) is 0 Å². The van der Waals surface area contributed by atoms with Gasteiger partial charge in [-0.2, -0.15) is 0 Å². The van der Waals surface area contributed by atoms with Crippen LogP contribution in [0, 0.1) is 5.82 Å². The number of hydrogen-bond acceptors (Lipinski definition) is 8. The Hall–Kier alpha value is -4.28. The first-order chi connectivity index (χ1) is 19.4. The molecular formula is C30H30FN5O3S. The van der Waals surface area contributed by atoms with E-state index in [0.29, 0.717) is 27.0 Å². The molecule has 8 nitrogen and oxygen atoms in total. The van der Waals surface area contributed by atoms with Gasteiger partial charge in [0.25, 0.3) is 5.91 Å². The lowest BCUT2D eigenvalue weighted by molar-refractivity contribution is 0.0533. The summed E-state index contributed by atoms with van der Waals surface area (Å²) in [6.45, 7) is 6.03. The normalized spacial score (nSPS) is 13.6. The maximum absolute atomic E-state index is 13.2. The standard InChI is InChI=1S/C30H30FN5O3S/c1-3-39-30(38)26-27(32-23-11-13-25(14-12-23)36-17-15-35(2)16-18-36)34-29(40-26)21-5-4-6-24(19-21)33-28(37)20-7-9-22(31)10-8-20/h4-14,19,32H,3,15-18H2,1-2H3,(H,33,37). The fourth-order valence-electron chi connectivity index (χ4n) is 4.35. The number of hydrogen-bond donors (Lipinski definition) is 2. The summed E-state index contributed by atoms with van der Waals surface area (Å²) in [5.74, 6) is -0.809. The van der Waals surface area contributed by atoms with Gasteiger partial charge < -0.3 is 25.2 Å². The number of piperazine rings is 1. The van der Waals surface area contributed by atoms with Crippen molar-refractivity contribution in [3.8, 4) is 10.6 Å². The van der Waals surface area contributed by atoms with E-state index >= 15 is 0 Å². The molecule has 5 rings (SSSR count). The van der Waals surface area contributed by atoms with E-state index in [4.69, 9.17) is 9.72 Å². The Morgan fingerprint density at radius 2 is 1.70 bits per heavy atom. The van der Waals surface area contributed by atoms with Crippen molar-refractivity contribution in [3.05, 3.63) is 89.1 Å². The molecule has 0 atom stereocenters. The number of nitrogens with one attached hydrogen (secondary N) is 2. The third-order valence-corrected chi connectivity index (χ3v) is 7.64. The Morgan fingerprint density at radius 1 is 0.975 bits per heavy atom. The number of thiazole rings is 1. The molecule has 10 heteroatoms. The summed E-state index contributed by atoms with van der Waals surface area (Å²) in [5, 5.41) is 6.71. The lowest BCUT2D eigenvalue weighted by atomic mass is 10.1. The number of nitrogens with zero attached hydrogens (tertiary/aromatic N) is 3. The summed E-state index contributed by atoms with van der Waals surface area (Å²) in [6, 6.07) is 20.6. The number of amides is 1. The van der Waals surface area contributed by atoms with Crippen LogP contribution in [0.25, 0.3) is 10.6 Å². The average molecular weight is 560 g/mol. The van der Waals surface area contributed by atoms with Crippen LogP contribution in [0.3, 0.4) is 0 Å². The van der Waals surface area contributed by atoms with E-state index < -0.39 is 11.8 Å². The second-order valence-electron chi connectivity index (χ2n) is 9.42. The highest BCUT2D eigenvalue weighted by Gasteiger charge is 2.21. The molecule has 206 valence electrons. The van der Waals surface area contributed by atoms with Crippen molar-refractivity contribution in [1.82, 2.24) is 9.88 Å². The minimum absolute atomic E-state index is 0.246. The van der Waals surface area contributed by atoms with Gasteiger partial charge in [-0.25, -0.2) is 14.2 Å². The van der Waals surface area contributed by atoms with Gasteiger partial charge in [-0.3, -0.25) is 4.79 Å². The fraction of sp³-hybridized carbons (Fsp3) is 0.233. The van der Waals surface area contributed by atoms with Crippen molar-refractivity contribution < 1.29 is 18.7 Å². The minimum atomic E-state index is -0.455. The van der Waals surface area contributed by atoms with Crippen LogP contribution in [0.1, 0.15) is 27.0 Å². The van der Waals surface area contributed by atoms with Gasteiger partial charge in [0, 0.05) is 54.4 Å². The van der Waals surface area contributed by atoms with Crippen molar-refractivity contribution >= 4 is 46.1 Å². The summed E-state index contributed by atoms with van der Waals surface area (Å²) in [7, 11) is 2.13. The molecule has 0 unspecified atom stereocenters. The van der Waals surface area contributed by atoms with Crippen molar-refractivity contribution in [3.63, 3.8) is 0 Å². The third kappa shape index (κ3) is 6.47. The van der Waals surface area contributed by atoms with E-state index in [-0.39, 0.29) is 12.5 Å². The second-order valence-corrected chi connectivity index (χ2v) is 10.4. The molecule has 3 aromatic carbocycles. The van der Waals surface area contributed by atoms with Gasteiger partial charge in [0.2, 0.25) is 0 Å². The number of aromatic nitrogens is 1. The summed E-state index contributed by atoms with van der Waals surface area (Å²) in [6.07, 6.45) is 0. The predicted octanol–water partition coefficient (Wildman–Crippen LogP) is 5.87. The van der Waals surface area contributed by atoms with Crippen LogP contribution >= 0.6 is 11.3 Å². The molecule has 1 aliphatic rings. The third-order valence-electron chi connectivity index (χ3n) is 6.56. The monoisotopic (exact) mass is 559 g/mol. The van der Waals surface area contributed by atoms with E-state index in [1.165, 1.54) is 35.6 Å². The molecule has 0 radical (unpaired) electrons. The van der Waals surface area contributed by atoms with Crippen LogP contribution in [0.15, 0.2) is 72.8 Å². The van der Waals surface area contributed by atoms with Gasteiger partial charge in [-0.15, -0.1) is 11.3 Å². The Labute approximate surface area is 236 Å². The maximum atomic E-state index is 13.2. The highest BCUT2D eigenvalue weighted by Crippen LogP contribution is 2.35. The summed E-state index contributed by atoms with van der Waals surface area (Å²) >= 11 is 1.22. The number of ether oxygens (including phenoxy) is 1. The zero-order valence-electron chi connectivity index (χ0n) is 22.3. The highest BCUT2D eigenvalue weighted by atomic mass is 32.1. The number of carbonyl (C=O) groups excluding carboxylic acids is 2. The minimum Gasteiger partial charge on any atom is -0.462 e. The first kappa shape index (κ1) is 27.3. The summed E-state index contributed by atoms with van der Waals surface area (Å²) in [5.41, 5.74) is 3.58. The largest absolute Gasteiger partial charge is 0.462 e. The molecule has 1 aliphatic heterocycles. The molecule has 0 spiro atoms. The topological polar surface area (TPSA) is 86.8 Å². The molecule has 4 aromatic rings. The van der Waals surface area contributed by atoms with Crippen molar-refractivity contribution in [2.45, 2.75) is 6.92 Å².